The molecule has 2 aromatic heterocycles. The van der Waals surface area contributed by atoms with Crippen LogP contribution in [0.3, 0.4) is 0 Å². The Balaban J connectivity index is 0.000000378. The minimum Gasteiger partial charge on any atom is -0.384 e. The predicted octanol–water partition coefficient (Wildman–Crippen LogP) is 1.88. The number of morpholine rings is 1. The van der Waals surface area contributed by atoms with Gasteiger partial charge in [0.2, 0.25) is 0 Å². The molecule has 1 atom stereocenters. The molecule has 2 fully saturated rings. The van der Waals surface area contributed by atoms with Crippen LogP contribution in [0.4, 0.5) is 17.5 Å². The Hall–Kier alpha value is -2.10. The molecule has 2 aliphatic rings. The highest BCUT2D eigenvalue weighted by atomic mass is 32.1. The van der Waals surface area contributed by atoms with Crippen molar-refractivity contribution >= 4 is 30.1 Å². The second-order valence-electron chi connectivity index (χ2n) is 6.03. The highest BCUT2D eigenvalue weighted by molar-refractivity contribution is 7.79. The van der Waals surface area contributed by atoms with Gasteiger partial charge in [-0.25, -0.2) is 15.0 Å². The molecule has 8 nitrogen and oxygen atoms in total. The second-order valence-corrected chi connectivity index (χ2v) is 6.03. The van der Waals surface area contributed by atoms with E-state index in [-0.39, 0.29) is 6.04 Å². The summed E-state index contributed by atoms with van der Waals surface area (Å²) in [5, 5.41) is 0. The van der Waals surface area contributed by atoms with Crippen molar-refractivity contribution in [3.8, 4) is 11.4 Å². The number of thiol groups is 1. The van der Waals surface area contributed by atoms with Crippen molar-refractivity contribution in [1.29, 1.82) is 0 Å². The van der Waals surface area contributed by atoms with Crippen molar-refractivity contribution in [2.24, 2.45) is 0 Å². The average molecular weight is 393 g/mol. The Bertz CT molecular complexity index is 710. The summed E-state index contributed by atoms with van der Waals surface area (Å²) in [7, 11) is 0. The molecule has 148 valence electrons. The largest absolute Gasteiger partial charge is 0.384 e. The number of anilines is 3. The van der Waals surface area contributed by atoms with Gasteiger partial charge in [0.25, 0.3) is 0 Å². The van der Waals surface area contributed by atoms with Crippen molar-refractivity contribution in [3.05, 3.63) is 24.4 Å². The van der Waals surface area contributed by atoms with Crippen LogP contribution in [-0.2, 0) is 9.47 Å². The van der Waals surface area contributed by atoms with Crippen LogP contribution in [-0.4, -0.2) is 60.2 Å². The van der Waals surface area contributed by atoms with Crippen LogP contribution < -0.4 is 16.4 Å². The lowest BCUT2D eigenvalue weighted by atomic mass is 10.2. The standard InChI is InChI=1S/C14H18N6O.C3H6O.CH4S/c1-9-8-21-5-4-20(9)13-7-12(16)18-14(19-13)10-2-3-17-11(15)6-10;1-2-4-3-1;1-2/h2-3,6-7,9H,4-5,8H2,1H3,(H2,15,17)(H2,16,18,19);1-3H2;2H,1H3. The fourth-order valence-electron chi connectivity index (χ4n) is 2.53. The molecule has 27 heavy (non-hydrogen) atoms. The summed E-state index contributed by atoms with van der Waals surface area (Å²) >= 11 is 3.53. The lowest BCUT2D eigenvalue weighted by Gasteiger charge is -2.34. The van der Waals surface area contributed by atoms with Gasteiger partial charge in [0.15, 0.2) is 5.82 Å². The van der Waals surface area contributed by atoms with Gasteiger partial charge in [0.05, 0.1) is 19.3 Å². The molecule has 1 unspecified atom stereocenters. The van der Waals surface area contributed by atoms with Gasteiger partial charge in [-0.1, -0.05) is 0 Å². The number of hydrogen-bond donors (Lipinski definition) is 3. The van der Waals surface area contributed by atoms with Gasteiger partial charge in [-0.3, -0.25) is 0 Å². The van der Waals surface area contributed by atoms with Gasteiger partial charge in [0.1, 0.15) is 17.5 Å². The van der Waals surface area contributed by atoms with Gasteiger partial charge >= 0.3 is 0 Å². The summed E-state index contributed by atoms with van der Waals surface area (Å²) < 4.78 is 10.2. The number of ether oxygens (including phenoxy) is 2. The smallest absolute Gasteiger partial charge is 0.164 e. The Morgan fingerprint density at radius 1 is 1.07 bits per heavy atom. The zero-order valence-corrected chi connectivity index (χ0v) is 16.7. The lowest BCUT2D eigenvalue weighted by Crippen LogP contribution is -2.44. The van der Waals surface area contributed by atoms with E-state index in [0.717, 1.165) is 31.1 Å². The number of pyridine rings is 1. The minimum atomic E-state index is 0.253. The van der Waals surface area contributed by atoms with Crippen molar-refractivity contribution in [3.63, 3.8) is 0 Å². The maximum atomic E-state index is 5.93. The van der Waals surface area contributed by atoms with Crippen LogP contribution in [0.2, 0.25) is 0 Å². The maximum absolute atomic E-state index is 5.93. The fraction of sp³-hybridized carbons (Fsp3) is 0.500. The number of rotatable bonds is 2. The van der Waals surface area contributed by atoms with E-state index in [2.05, 4.69) is 39.4 Å². The molecule has 2 aromatic rings. The molecule has 4 N–H and O–H groups in total. The third-order valence-corrected chi connectivity index (χ3v) is 4.01. The molecule has 0 amide bonds. The summed E-state index contributed by atoms with van der Waals surface area (Å²) in [6, 6.07) is 5.60. The van der Waals surface area contributed by atoms with Crippen molar-refractivity contribution in [1.82, 2.24) is 15.0 Å². The van der Waals surface area contributed by atoms with E-state index in [1.54, 1.807) is 24.6 Å². The fourth-order valence-corrected chi connectivity index (χ4v) is 2.53. The van der Waals surface area contributed by atoms with Crippen molar-refractivity contribution in [2.45, 2.75) is 19.4 Å². The van der Waals surface area contributed by atoms with E-state index in [0.29, 0.717) is 30.7 Å². The van der Waals surface area contributed by atoms with Crippen LogP contribution in [0, 0.1) is 0 Å². The first-order valence-electron chi connectivity index (χ1n) is 8.87. The number of nitrogens with two attached hydrogens (primary N) is 2. The summed E-state index contributed by atoms with van der Waals surface area (Å²) in [6.07, 6.45) is 4.61. The number of nitrogens with zero attached hydrogens (tertiary/aromatic N) is 4. The second kappa shape index (κ2) is 10.9. The molecule has 4 heterocycles. The highest BCUT2D eigenvalue weighted by Gasteiger charge is 2.21. The van der Waals surface area contributed by atoms with Crippen LogP contribution in [0.25, 0.3) is 11.4 Å². The molecular weight excluding hydrogens is 364 g/mol. The van der Waals surface area contributed by atoms with E-state index in [1.165, 1.54) is 6.42 Å². The lowest BCUT2D eigenvalue weighted by molar-refractivity contribution is 0.0367. The molecular formula is C18H28N6O2S. The summed E-state index contributed by atoms with van der Waals surface area (Å²) in [5.74, 6) is 2.23. The molecule has 2 saturated heterocycles. The molecule has 0 aliphatic carbocycles. The summed E-state index contributed by atoms with van der Waals surface area (Å²) in [6.45, 7) is 6.25. The van der Waals surface area contributed by atoms with E-state index in [1.807, 2.05) is 6.07 Å². The topological polar surface area (TPSA) is 112 Å². The Kier molecular flexibility index (Phi) is 8.56. The molecule has 0 radical (unpaired) electrons. The molecule has 0 spiro atoms. The third kappa shape index (κ3) is 6.23. The Labute approximate surface area is 165 Å². The quantitative estimate of drug-likeness (QED) is 0.664. The third-order valence-electron chi connectivity index (χ3n) is 4.01. The minimum absolute atomic E-state index is 0.253. The first-order valence-corrected chi connectivity index (χ1v) is 9.76. The first-order chi connectivity index (χ1) is 13.1. The molecule has 0 saturated carbocycles. The van der Waals surface area contributed by atoms with Gasteiger partial charge in [0, 0.05) is 37.6 Å². The van der Waals surface area contributed by atoms with E-state index < -0.39 is 0 Å². The van der Waals surface area contributed by atoms with Gasteiger partial charge in [-0.2, -0.15) is 12.6 Å². The predicted molar refractivity (Wildman–Crippen MR) is 112 cm³/mol. The van der Waals surface area contributed by atoms with Crippen molar-refractivity contribution in [2.75, 3.05) is 55.6 Å². The monoisotopic (exact) mass is 392 g/mol. The van der Waals surface area contributed by atoms with Crippen LogP contribution in [0.5, 0.6) is 0 Å². The van der Waals surface area contributed by atoms with Gasteiger partial charge in [-0.05, 0) is 31.7 Å². The van der Waals surface area contributed by atoms with E-state index >= 15 is 0 Å². The van der Waals surface area contributed by atoms with Crippen LogP contribution in [0.1, 0.15) is 13.3 Å². The first kappa shape index (κ1) is 21.2. The SMILES string of the molecule is C1COC1.CC1COCCN1c1cc(N)nc(-c2ccnc(N)c2)n1.CS. The zero-order chi connectivity index (χ0) is 19.6. The van der Waals surface area contributed by atoms with Crippen LogP contribution >= 0.6 is 12.6 Å². The Morgan fingerprint density at radius 3 is 2.37 bits per heavy atom. The molecule has 9 heteroatoms. The molecule has 0 bridgehead atoms. The summed E-state index contributed by atoms with van der Waals surface area (Å²) in [5.41, 5.74) is 12.4. The normalized spacial score (nSPS) is 18.3. The van der Waals surface area contributed by atoms with Crippen LogP contribution in [0.15, 0.2) is 24.4 Å². The van der Waals surface area contributed by atoms with E-state index in [4.69, 9.17) is 20.9 Å². The van der Waals surface area contributed by atoms with Gasteiger partial charge in [-0.15, -0.1) is 0 Å². The number of aromatic nitrogens is 3. The highest BCUT2D eigenvalue weighted by Crippen LogP contribution is 2.24. The number of hydrogen-bond acceptors (Lipinski definition) is 9. The van der Waals surface area contributed by atoms with Gasteiger partial charge < -0.3 is 25.8 Å². The van der Waals surface area contributed by atoms with E-state index in [9.17, 15) is 0 Å². The molecule has 4 rings (SSSR count). The average Bonchev–Trinajstić information content (AvgIpc) is 2.62. The molecule has 0 aromatic carbocycles. The number of nitrogen functional groups attached to an aromatic ring is 2. The molecule has 2 aliphatic heterocycles. The zero-order valence-electron chi connectivity index (χ0n) is 15.8. The maximum Gasteiger partial charge on any atom is 0.164 e. The Morgan fingerprint density at radius 2 is 1.78 bits per heavy atom. The summed E-state index contributed by atoms with van der Waals surface area (Å²) in [4.78, 5) is 15.1. The van der Waals surface area contributed by atoms with Crippen molar-refractivity contribution < 1.29 is 9.47 Å².